The normalized spacial score (nSPS) is 13.4. The maximum absolute atomic E-state index is 5.25. The van der Waals surface area contributed by atoms with E-state index in [1.165, 1.54) is 44.5 Å². The minimum absolute atomic E-state index is 0.953. The lowest BCUT2D eigenvalue weighted by Crippen LogP contribution is -1.95. The van der Waals surface area contributed by atoms with E-state index in [1.807, 2.05) is 20.0 Å². The van der Waals surface area contributed by atoms with E-state index in [0.29, 0.717) is 0 Å². The number of fused-ring (bicyclic) bond motifs is 1. The molecule has 0 bridgehead atoms. The van der Waals surface area contributed by atoms with Gasteiger partial charge in [0, 0.05) is 17.1 Å². The van der Waals surface area contributed by atoms with Gasteiger partial charge in [-0.2, -0.15) is 0 Å². The van der Waals surface area contributed by atoms with Crippen LogP contribution >= 0.6 is 0 Å². The van der Waals surface area contributed by atoms with E-state index in [2.05, 4.69) is 188 Å². The number of aliphatic imine (C=N–C) groups is 1. The van der Waals surface area contributed by atoms with Gasteiger partial charge in [0.25, 0.3) is 0 Å². The van der Waals surface area contributed by atoms with Crippen molar-refractivity contribution < 1.29 is 0 Å². The zero-order valence-corrected chi connectivity index (χ0v) is 30.5. The van der Waals surface area contributed by atoms with Gasteiger partial charge in [0.05, 0.1) is 11.2 Å². The lowest BCUT2D eigenvalue weighted by atomic mass is 9.89. The molecule has 0 radical (unpaired) electrons. The molecule has 53 heavy (non-hydrogen) atoms. The molecule has 0 fully saturated rings. The Morgan fingerprint density at radius 3 is 1.74 bits per heavy atom. The van der Waals surface area contributed by atoms with Gasteiger partial charge >= 0.3 is 0 Å². The second-order valence-electron chi connectivity index (χ2n) is 13.0. The Kier molecular flexibility index (Phi) is 11.1. The van der Waals surface area contributed by atoms with Gasteiger partial charge in [0.1, 0.15) is 0 Å². The fourth-order valence-electron chi connectivity index (χ4n) is 7.09. The summed E-state index contributed by atoms with van der Waals surface area (Å²) < 4.78 is 0. The summed E-state index contributed by atoms with van der Waals surface area (Å²) in [5.41, 5.74) is 16.3. The summed E-state index contributed by atoms with van der Waals surface area (Å²) in [6.07, 6.45) is 11.5. The van der Waals surface area contributed by atoms with Crippen molar-refractivity contribution in [1.29, 1.82) is 0 Å². The molecule has 8 rings (SSSR count). The van der Waals surface area contributed by atoms with Crippen molar-refractivity contribution in [3.8, 4) is 55.8 Å². The average Bonchev–Trinajstić information content (AvgIpc) is 3.25. The SMILES string of the molecule is C=N/C=C\C(=C1/CC=CCC1)c1cccc(-c2cc(-c3ccc(-c4ccccc4)cc3)nc3ccc(-c4ccc(-c5ccccc5)cc4)cc23)c1.CC. The number of rotatable bonds is 8. The van der Waals surface area contributed by atoms with Crippen LogP contribution in [0, 0.1) is 0 Å². The number of nitrogens with zero attached hydrogens (tertiary/aromatic N) is 2. The number of allylic oxidation sites excluding steroid dienone is 5. The van der Waals surface area contributed by atoms with E-state index in [4.69, 9.17) is 4.98 Å². The third kappa shape index (κ3) is 7.93. The summed E-state index contributed by atoms with van der Waals surface area (Å²) >= 11 is 0. The summed E-state index contributed by atoms with van der Waals surface area (Å²) in [7, 11) is 0. The summed E-state index contributed by atoms with van der Waals surface area (Å²) in [6, 6.07) is 56.5. The average molecular weight is 685 g/mol. The van der Waals surface area contributed by atoms with Gasteiger partial charge in [-0.3, -0.25) is 4.99 Å². The molecule has 0 unspecified atom stereocenters. The van der Waals surface area contributed by atoms with Crippen LogP contribution in [0.15, 0.2) is 193 Å². The van der Waals surface area contributed by atoms with Gasteiger partial charge in [-0.05, 0) is 112 Å². The second kappa shape index (κ2) is 16.8. The van der Waals surface area contributed by atoms with Crippen molar-refractivity contribution in [2.24, 2.45) is 4.99 Å². The number of hydrogen-bond donors (Lipinski definition) is 0. The smallest absolute Gasteiger partial charge is 0.0716 e. The molecule has 0 saturated carbocycles. The lowest BCUT2D eigenvalue weighted by molar-refractivity contribution is 0.904. The Hall–Kier alpha value is -6.38. The van der Waals surface area contributed by atoms with E-state index in [1.54, 1.807) is 0 Å². The van der Waals surface area contributed by atoms with E-state index >= 15 is 0 Å². The summed E-state index contributed by atoms with van der Waals surface area (Å²) in [5.74, 6) is 0. The Morgan fingerprint density at radius 2 is 1.13 bits per heavy atom. The van der Waals surface area contributed by atoms with Crippen molar-refractivity contribution >= 4 is 23.2 Å². The van der Waals surface area contributed by atoms with Crippen LogP contribution in [-0.2, 0) is 0 Å². The number of benzene rings is 6. The van der Waals surface area contributed by atoms with Crippen LogP contribution in [0.1, 0.15) is 38.7 Å². The van der Waals surface area contributed by atoms with E-state index in [-0.39, 0.29) is 0 Å². The molecule has 1 aliphatic carbocycles. The molecule has 6 aromatic carbocycles. The monoisotopic (exact) mass is 684 g/mol. The molecule has 2 nitrogen and oxygen atoms in total. The topological polar surface area (TPSA) is 25.2 Å². The third-order valence-electron chi connectivity index (χ3n) is 9.78. The Labute approximate surface area is 314 Å². The molecule has 7 aromatic rings. The standard InChI is InChI=1S/C49H38N2.C2H6/c1-50-31-30-45(40-16-9-4-10-17-40)43-18-11-19-44(32-43)46-34-49(41-26-24-38(25-27-41)36-14-7-3-8-15-36)51-48-29-28-42(33-47(46)48)39-22-20-37(21-23-39)35-12-5-2-6-13-35;1-2/h2-9,11-15,18-34H,1,10,16-17H2;1-2H3/b31-30-,45-40-;. The van der Waals surface area contributed by atoms with Crippen LogP contribution in [-0.4, -0.2) is 11.7 Å². The highest BCUT2D eigenvalue weighted by molar-refractivity contribution is 5.99. The van der Waals surface area contributed by atoms with Crippen molar-refractivity contribution in [2.45, 2.75) is 33.1 Å². The molecule has 0 aliphatic heterocycles. The molecule has 1 aliphatic rings. The molecule has 0 atom stereocenters. The highest BCUT2D eigenvalue weighted by Crippen LogP contribution is 2.38. The Morgan fingerprint density at radius 1 is 0.566 bits per heavy atom. The molecule has 0 spiro atoms. The van der Waals surface area contributed by atoms with Crippen LogP contribution < -0.4 is 0 Å². The zero-order chi connectivity index (χ0) is 36.4. The molecule has 0 saturated heterocycles. The predicted octanol–water partition coefficient (Wildman–Crippen LogP) is 14.3. The first kappa shape index (κ1) is 35.0. The zero-order valence-electron chi connectivity index (χ0n) is 30.5. The first-order chi connectivity index (χ1) is 26.2. The van der Waals surface area contributed by atoms with E-state index < -0.39 is 0 Å². The molecule has 0 amide bonds. The van der Waals surface area contributed by atoms with Gasteiger partial charge in [-0.1, -0.05) is 165 Å². The summed E-state index contributed by atoms with van der Waals surface area (Å²) in [4.78, 5) is 9.30. The molecule has 1 aromatic heterocycles. The fraction of sp³-hybridized carbons (Fsp3) is 0.0980. The maximum Gasteiger partial charge on any atom is 0.0716 e. The molecule has 258 valence electrons. The van der Waals surface area contributed by atoms with Crippen molar-refractivity contribution in [3.05, 3.63) is 193 Å². The minimum Gasteiger partial charge on any atom is -0.272 e. The molecular weight excluding hydrogens is 641 g/mol. The van der Waals surface area contributed by atoms with E-state index in [9.17, 15) is 0 Å². The third-order valence-corrected chi connectivity index (χ3v) is 9.78. The van der Waals surface area contributed by atoms with Gasteiger partial charge in [-0.15, -0.1) is 0 Å². The van der Waals surface area contributed by atoms with Crippen molar-refractivity contribution in [1.82, 2.24) is 4.98 Å². The molecule has 2 heteroatoms. The molecule has 1 heterocycles. The van der Waals surface area contributed by atoms with Crippen LogP contribution in [0.25, 0.3) is 72.2 Å². The van der Waals surface area contributed by atoms with Crippen molar-refractivity contribution in [3.63, 3.8) is 0 Å². The van der Waals surface area contributed by atoms with Crippen molar-refractivity contribution in [2.75, 3.05) is 0 Å². The first-order valence-electron chi connectivity index (χ1n) is 18.6. The minimum atomic E-state index is 0.953. The maximum atomic E-state index is 5.25. The van der Waals surface area contributed by atoms with Crippen LogP contribution in [0.4, 0.5) is 0 Å². The largest absolute Gasteiger partial charge is 0.272 e. The fourth-order valence-corrected chi connectivity index (χ4v) is 7.09. The van der Waals surface area contributed by atoms with Crippen LogP contribution in [0.3, 0.4) is 0 Å². The quantitative estimate of drug-likeness (QED) is 0.116. The Bertz CT molecular complexity index is 2410. The predicted molar refractivity (Wildman–Crippen MR) is 229 cm³/mol. The van der Waals surface area contributed by atoms with Crippen LogP contribution in [0.2, 0.25) is 0 Å². The number of aromatic nitrogens is 1. The van der Waals surface area contributed by atoms with E-state index in [0.717, 1.165) is 58.1 Å². The molecular formula is C51H44N2. The lowest BCUT2D eigenvalue weighted by Gasteiger charge is -2.16. The number of hydrogen-bond acceptors (Lipinski definition) is 2. The second-order valence-corrected chi connectivity index (χ2v) is 13.0. The van der Waals surface area contributed by atoms with Gasteiger partial charge in [0.2, 0.25) is 0 Å². The summed E-state index contributed by atoms with van der Waals surface area (Å²) in [6.45, 7) is 7.70. The molecule has 0 N–H and O–H groups in total. The number of pyridine rings is 1. The highest BCUT2D eigenvalue weighted by Gasteiger charge is 2.15. The van der Waals surface area contributed by atoms with Gasteiger partial charge < -0.3 is 0 Å². The summed E-state index contributed by atoms with van der Waals surface area (Å²) in [5, 5.41) is 1.12. The first-order valence-corrected chi connectivity index (χ1v) is 18.6. The van der Waals surface area contributed by atoms with Crippen LogP contribution in [0.5, 0.6) is 0 Å². The van der Waals surface area contributed by atoms with Gasteiger partial charge in [-0.25, -0.2) is 4.98 Å². The van der Waals surface area contributed by atoms with Gasteiger partial charge in [0.15, 0.2) is 0 Å². The Balaban J connectivity index is 0.00000214. The highest BCUT2D eigenvalue weighted by atomic mass is 14.7.